The summed E-state index contributed by atoms with van der Waals surface area (Å²) >= 11 is 5.98. The van der Waals surface area contributed by atoms with E-state index in [2.05, 4.69) is 5.32 Å². The van der Waals surface area contributed by atoms with Crippen molar-refractivity contribution in [3.05, 3.63) is 64.7 Å². The van der Waals surface area contributed by atoms with Gasteiger partial charge in [-0.15, -0.1) is 0 Å². The molecule has 156 valence electrons. The SMILES string of the molecule is CCC1(c2ccc(Cl)cc2)NC(=O)N(CC(=O)N2c3ccccc3CCC2C)C1=O. The van der Waals surface area contributed by atoms with Crippen molar-refractivity contribution in [1.82, 2.24) is 10.2 Å². The van der Waals surface area contributed by atoms with E-state index in [1.807, 2.05) is 38.1 Å². The Morgan fingerprint density at radius 3 is 2.57 bits per heavy atom. The average Bonchev–Trinajstić information content (AvgIpc) is 2.99. The van der Waals surface area contributed by atoms with Crippen molar-refractivity contribution in [2.45, 2.75) is 44.7 Å². The number of urea groups is 1. The van der Waals surface area contributed by atoms with Gasteiger partial charge in [0.1, 0.15) is 12.1 Å². The summed E-state index contributed by atoms with van der Waals surface area (Å²) in [6.07, 6.45) is 2.11. The first-order valence-corrected chi connectivity index (χ1v) is 10.6. The van der Waals surface area contributed by atoms with Crippen molar-refractivity contribution in [3.8, 4) is 0 Å². The summed E-state index contributed by atoms with van der Waals surface area (Å²) < 4.78 is 0. The summed E-state index contributed by atoms with van der Waals surface area (Å²) in [5.74, 6) is -0.676. The molecule has 0 aromatic heterocycles. The molecule has 1 fully saturated rings. The molecule has 4 rings (SSSR count). The van der Waals surface area contributed by atoms with Crippen LogP contribution in [0.2, 0.25) is 5.02 Å². The van der Waals surface area contributed by atoms with Gasteiger partial charge in [0.2, 0.25) is 5.91 Å². The highest BCUT2D eigenvalue weighted by atomic mass is 35.5. The molecular weight excluding hydrogens is 402 g/mol. The van der Waals surface area contributed by atoms with E-state index in [4.69, 9.17) is 11.6 Å². The number of para-hydroxylation sites is 1. The number of carbonyl (C=O) groups excluding carboxylic acids is 3. The molecule has 0 radical (unpaired) electrons. The van der Waals surface area contributed by atoms with Gasteiger partial charge in [-0.1, -0.05) is 48.9 Å². The number of carbonyl (C=O) groups is 3. The largest absolute Gasteiger partial charge is 0.325 e. The monoisotopic (exact) mass is 425 g/mol. The molecule has 2 aliphatic heterocycles. The van der Waals surface area contributed by atoms with Crippen molar-refractivity contribution in [3.63, 3.8) is 0 Å². The molecule has 2 heterocycles. The van der Waals surface area contributed by atoms with Crippen LogP contribution in [0, 0.1) is 0 Å². The van der Waals surface area contributed by atoms with Crippen LogP contribution in [0.25, 0.3) is 0 Å². The predicted molar refractivity (Wildman–Crippen MR) is 115 cm³/mol. The number of anilines is 1. The van der Waals surface area contributed by atoms with Gasteiger partial charge in [-0.05, 0) is 55.5 Å². The Balaban J connectivity index is 1.61. The molecule has 30 heavy (non-hydrogen) atoms. The standard InChI is InChI=1S/C23H24ClN3O3/c1-3-23(17-10-12-18(24)13-11-17)21(29)26(22(30)25-23)14-20(28)27-15(2)8-9-16-6-4-5-7-19(16)27/h4-7,10-13,15H,3,8-9,14H2,1-2H3,(H,25,30). The lowest BCUT2D eigenvalue weighted by molar-refractivity contribution is -0.134. The molecule has 2 aliphatic rings. The lowest BCUT2D eigenvalue weighted by Gasteiger charge is -2.36. The fraction of sp³-hybridized carbons (Fsp3) is 0.348. The van der Waals surface area contributed by atoms with Gasteiger partial charge in [-0.2, -0.15) is 0 Å². The van der Waals surface area contributed by atoms with Gasteiger partial charge in [0.05, 0.1) is 0 Å². The second kappa shape index (κ2) is 7.76. The average molecular weight is 426 g/mol. The number of benzene rings is 2. The van der Waals surface area contributed by atoms with Gasteiger partial charge < -0.3 is 10.2 Å². The van der Waals surface area contributed by atoms with Crippen molar-refractivity contribution in [2.24, 2.45) is 0 Å². The van der Waals surface area contributed by atoms with Gasteiger partial charge >= 0.3 is 6.03 Å². The van der Waals surface area contributed by atoms with Crippen molar-refractivity contribution in [2.75, 3.05) is 11.4 Å². The molecule has 1 saturated heterocycles. The smallest absolute Gasteiger partial charge is 0.319 e. The molecule has 0 bridgehead atoms. The zero-order valence-electron chi connectivity index (χ0n) is 17.0. The summed E-state index contributed by atoms with van der Waals surface area (Å²) in [5, 5.41) is 3.36. The number of nitrogens with one attached hydrogen (secondary N) is 1. The van der Waals surface area contributed by atoms with Gasteiger partial charge in [-0.25, -0.2) is 4.79 Å². The van der Waals surface area contributed by atoms with E-state index in [0.29, 0.717) is 17.0 Å². The second-order valence-corrected chi connectivity index (χ2v) is 8.30. The molecule has 1 N–H and O–H groups in total. The van der Waals surface area contributed by atoms with Crippen molar-refractivity contribution in [1.29, 1.82) is 0 Å². The predicted octanol–water partition coefficient (Wildman–Crippen LogP) is 3.87. The van der Waals surface area contributed by atoms with Crippen LogP contribution in [0.1, 0.15) is 37.8 Å². The lowest BCUT2D eigenvalue weighted by atomic mass is 9.87. The first kappa shape index (κ1) is 20.4. The maximum Gasteiger partial charge on any atom is 0.325 e. The number of halogens is 1. The Kier molecular flexibility index (Phi) is 5.28. The second-order valence-electron chi connectivity index (χ2n) is 7.87. The van der Waals surface area contributed by atoms with Gasteiger partial charge in [0, 0.05) is 16.8 Å². The highest BCUT2D eigenvalue weighted by Crippen LogP contribution is 2.34. The van der Waals surface area contributed by atoms with E-state index in [9.17, 15) is 14.4 Å². The lowest BCUT2D eigenvalue weighted by Crippen LogP contribution is -2.49. The number of nitrogens with zero attached hydrogens (tertiary/aromatic N) is 2. The third kappa shape index (κ3) is 3.25. The van der Waals surface area contributed by atoms with Crippen molar-refractivity contribution < 1.29 is 14.4 Å². The summed E-state index contributed by atoms with van der Waals surface area (Å²) in [4.78, 5) is 42.1. The van der Waals surface area contributed by atoms with Crippen LogP contribution in [0.4, 0.5) is 10.5 Å². The molecule has 2 unspecified atom stereocenters. The summed E-state index contributed by atoms with van der Waals surface area (Å²) in [5.41, 5.74) is 1.42. The molecule has 6 nitrogen and oxygen atoms in total. The zero-order chi connectivity index (χ0) is 21.5. The Morgan fingerprint density at radius 1 is 1.17 bits per heavy atom. The number of imide groups is 1. The van der Waals surface area contributed by atoms with Crippen LogP contribution in [-0.2, 0) is 21.5 Å². The van der Waals surface area contributed by atoms with Gasteiger partial charge in [0.15, 0.2) is 0 Å². The Labute approximate surface area is 180 Å². The molecule has 0 aliphatic carbocycles. The van der Waals surface area contributed by atoms with E-state index >= 15 is 0 Å². The molecular formula is C23H24ClN3O3. The number of rotatable bonds is 4. The first-order chi connectivity index (χ1) is 14.4. The van der Waals surface area contributed by atoms with E-state index in [1.54, 1.807) is 29.2 Å². The number of hydrogen-bond acceptors (Lipinski definition) is 3. The van der Waals surface area contributed by atoms with E-state index in [-0.39, 0.29) is 18.5 Å². The Morgan fingerprint density at radius 2 is 1.87 bits per heavy atom. The Hall–Kier alpha value is -2.86. The van der Waals surface area contributed by atoms with E-state index in [0.717, 1.165) is 29.0 Å². The fourth-order valence-corrected chi connectivity index (χ4v) is 4.55. The minimum atomic E-state index is -1.19. The summed E-state index contributed by atoms with van der Waals surface area (Å²) in [6, 6.07) is 14.1. The molecule has 4 amide bonds. The van der Waals surface area contributed by atoms with Crippen LogP contribution < -0.4 is 10.2 Å². The third-order valence-corrected chi connectivity index (χ3v) is 6.38. The first-order valence-electron chi connectivity index (χ1n) is 10.2. The van der Waals surface area contributed by atoms with E-state index < -0.39 is 17.5 Å². The topological polar surface area (TPSA) is 69.7 Å². The van der Waals surface area contributed by atoms with Crippen molar-refractivity contribution >= 4 is 35.1 Å². The van der Waals surface area contributed by atoms with Gasteiger partial charge in [-0.3, -0.25) is 14.5 Å². The van der Waals surface area contributed by atoms with Gasteiger partial charge in [0.25, 0.3) is 5.91 Å². The molecule has 2 aromatic carbocycles. The molecule has 0 spiro atoms. The normalized spacial score (nSPS) is 23.4. The van der Waals surface area contributed by atoms with Crippen LogP contribution in [0.5, 0.6) is 0 Å². The zero-order valence-corrected chi connectivity index (χ0v) is 17.8. The molecule has 0 saturated carbocycles. The quantitative estimate of drug-likeness (QED) is 0.756. The van der Waals surface area contributed by atoms with Crippen LogP contribution >= 0.6 is 11.6 Å². The number of aryl methyl sites for hydroxylation is 1. The van der Waals surface area contributed by atoms with Crippen LogP contribution in [0.15, 0.2) is 48.5 Å². The number of amides is 4. The summed E-state index contributed by atoms with van der Waals surface area (Å²) in [6.45, 7) is 3.53. The highest BCUT2D eigenvalue weighted by molar-refractivity contribution is 6.30. The minimum absolute atomic E-state index is 0.000337. The maximum absolute atomic E-state index is 13.3. The molecule has 2 aromatic rings. The van der Waals surface area contributed by atoms with Crippen LogP contribution in [0.3, 0.4) is 0 Å². The Bertz CT molecular complexity index is 1010. The highest BCUT2D eigenvalue weighted by Gasteiger charge is 2.52. The fourth-order valence-electron chi connectivity index (χ4n) is 4.42. The molecule has 7 heteroatoms. The third-order valence-electron chi connectivity index (χ3n) is 6.13. The summed E-state index contributed by atoms with van der Waals surface area (Å²) in [7, 11) is 0. The molecule has 2 atom stereocenters. The minimum Gasteiger partial charge on any atom is -0.319 e. The number of fused-ring (bicyclic) bond motifs is 1. The maximum atomic E-state index is 13.3. The number of hydrogen-bond donors (Lipinski definition) is 1. The van der Waals surface area contributed by atoms with E-state index in [1.165, 1.54) is 0 Å². The van der Waals surface area contributed by atoms with Crippen LogP contribution in [-0.4, -0.2) is 35.3 Å².